The fourth-order valence-electron chi connectivity index (χ4n) is 4.62. The van der Waals surface area contributed by atoms with Gasteiger partial charge >= 0.3 is 11.8 Å². The van der Waals surface area contributed by atoms with E-state index >= 15 is 0 Å². The van der Waals surface area contributed by atoms with E-state index in [4.69, 9.17) is 30.5 Å². The molecule has 1 aliphatic rings. The molecule has 2 amide bonds. The second kappa shape index (κ2) is 12.6. The Morgan fingerprint density at radius 3 is 2.38 bits per heavy atom. The molecule has 0 radical (unpaired) electrons. The molecule has 0 unspecified atom stereocenters. The summed E-state index contributed by atoms with van der Waals surface area (Å²) in [5.74, 6) is 1.64. The van der Waals surface area contributed by atoms with Crippen LogP contribution in [0.2, 0.25) is 5.02 Å². The van der Waals surface area contributed by atoms with Crippen molar-refractivity contribution < 1.29 is 28.5 Å². The summed E-state index contributed by atoms with van der Waals surface area (Å²) in [5.41, 5.74) is 2.69. The van der Waals surface area contributed by atoms with Gasteiger partial charge in [-0.05, 0) is 54.8 Å². The minimum absolute atomic E-state index is 0.185. The molecule has 1 aliphatic heterocycles. The first-order valence-electron chi connectivity index (χ1n) is 12.3. The van der Waals surface area contributed by atoms with Gasteiger partial charge in [0.25, 0.3) is 0 Å². The lowest BCUT2D eigenvalue weighted by atomic mass is 10.0. The zero-order valence-electron chi connectivity index (χ0n) is 22.3. The molecule has 0 N–H and O–H groups in total. The number of likely N-dealkylation sites (N-methyl/N-ethyl adjacent to an activating group) is 1. The SMILES string of the molecule is COc1cc2c(c(OC)c1OC)CCN(C(=O)C(=O)N(C)Cc1ccc(Br)cc1Oc1cccc(Cl)c1)CC2. The number of nitrogens with zero attached hydrogens (tertiary/aromatic N) is 2. The number of benzene rings is 3. The molecule has 4 rings (SSSR count). The molecule has 0 bridgehead atoms. The molecule has 3 aromatic rings. The highest BCUT2D eigenvalue weighted by Crippen LogP contribution is 2.43. The number of amides is 2. The molecule has 0 aromatic heterocycles. The van der Waals surface area contributed by atoms with Crippen molar-refractivity contribution in [1.82, 2.24) is 9.80 Å². The van der Waals surface area contributed by atoms with E-state index in [2.05, 4.69) is 15.9 Å². The Kier molecular flexibility index (Phi) is 9.24. The highest BCUT2D eigenvalue weighted by atomic mass is 79.9. The molecule has 39 heavy (non-hydrogen) atoms. The smallest absolute Gasteiger partial charge is 0.312 e. The number of rotatable bonds is 7. The van der Waals surface area contributed by atoms with Crippen molar-refractivity contribution in [2.45, 2.75) is 19.4 Å². The lowest BCUT2D eigenvalue weighted by Crippen LogP contribution is -2.44. The van der Waals surface area contributed by atoms with Crippen molar-refractivity contribution in [3.8, 4) is 28.7 Å². The summed E-state index contributed by atoms with van der Waals surface area (Å²) in [7, 11) is 6.32. The van der Waals surface area contributed by atoms with Gasteiger partial charge in [-0.25, -0.2) is 0 Å². The maximum absolute atomic E-state index is 13.3. The van der Waals surface area contributed by atoms with Crippen LogP contribution in [0.25, 0.3) is 0 Å². The van der Waals surface area contributed by atoms with E-state index in [-0.39, 0.29) is 6.54 Å². The van der Waals surface area contributed by atoms with Gasteiger partial charge in [0.2, 0.25) is 5.75 Å². The van der Waals surface area contributed by atoms with Crippen LogP contribution >= 0.6 is 27.5 Å². The van der Waals surface area contributed by atoms with Gasteiger partial charge in [-0.1, -0.05) is 39.7 Å². The summed E-state index contributed by atoms with van der Waals surface area (Å²) in [6.07, 6.45) is 1.07. The molecule has 0 saturated heterocycles. The van der Waals surface area contributed by atoms with Gasteiger partial charge in [0.1, 0.15) is 11.5 Å². The quantitative estimate of drug-likeness (QED) is 0.326. The van der Waals surface area contributed by atoms with Crippen LogP contribution in [-0.4, -0.2) is 63.1 Å². The fourth-order valence-corrected chi connectivity index (χ4v) is 5.14. The van der Waals surface area contributed by atoms with E-state index in [1.165, 1.54) is 4.90 Å². The van der Waals surface area contributed by atoms with Crippen molar-refractivity contribution in [3.63, 3.8) is 0 Å². The predicted molar refractivity (Wildman–Crippen MR) is 152 cm³/mol. The summed E-state index contributed by atoms with van der Waals surface area (Å²) in [6, 6.07) is 14.5. The lowest BCUT2D eigenvalue weighted by Gasteiger charge is -2.24. The molecule has 1 heterocycles. The minimum atomic E-state index is -0.597. The molecule has 0 fully saturated rings. The minimum Gasteiger partial charge on any atom is -0.493 e. The third kappa shape index (κ3) is 6.42. The first kappa shape index (κ1) is 28.6. The Hall–Kier alpha value is -3.43. The van der Waals surface area contributed by atoms with E-state index in [9.17, 15) is 9.59 Å². The van der Waals surface area contributed by atoms with Gasteiger partial charge in [-0.3, -0.25) is 9.59 Å². The zero-order chi connectivity index (χ0) is 28.1. The number of hydrogen-bond acceptors (Lipinski definition) is 6. The topological polar surface area (TPSA) is 77.5 Å². The van der Waals surface area contributed by atoms with Crippen molar-refractivity contribution in [2.24, 2.45) is 0 Å². The number of ether oxygens (including phenoxy) is 4. The maximum Gasteiger partial charge on any atom is 0.312 e. The zero-order valence-corrected chi connectivity index (χ0v) is 24.6. The Labute approximate surface area is 241 Å². The number of halogens is 2. The van der Waals surface area contributed by atoms with Gasteiger partial charge in [0, 0.05) is 47.3 Å². The van der Waals surface area contributed by atoms with Gasteiger partial charge in [-0.2, -0.15) is 0 Å². The van der Waals surface area contributed by atoms with E-state index in [1.54, 1.807) is 57.5 Å². The summed E-state index contributed by atoms with van der Waals surface area (Å²) in [5, 5.41) is 0.552. The normalized spacial score (nSPS) is 12.7. The van der Waals surface area contributed by atoms with E-state index in [0.717, 1.165) is 21.2 Å². The van der Waals surface area contributed by atoms with Crippen molar-refractivity contribution in [1.29, 1.82) is 0 Å². The Balaban J connectivity index is 1.48. The van der Waals surface area contributed by atoms with Crippen molar-refractivity contribution in [3.05, 3.63) is 74.7 Å². The molecule has 10 heteroatoms. The highest BCUT2D eigenvalue weighted by molar-refractivity contribution is 9.10. The molecule has 0 atom stereocenters. The Bertz CT molecular complexity index is 1380. The van der Waals surface area contributed by atoms with Gasteiger partial charge in [-0.15, -0.1) is 0 Å². The average molecular weight is 618 g/mol. The Morgan fingerprint density at radius 1 is 0.949 bits per heavy atom. The molecule has 0 aliphatic carbocycles. The number of fused-ring (bicyclic) bond motifs is 1. The molecule has 0 saturated carbocycles. The molecule has 3 aromatic carbocycles. The lowest BCUT2D eigenvalue weighted by molar-refractivity contribution is -0.151. The van der Waals surface area contributed by atoms with Gasteiger partial charge < -0.3 is 28.7 Å². The highest BCUT2D eigenvalue weighted by Gasteiger charge is 2.30. The third-order valence-corrected chi connectivity index (χ3v) is 7.31. The number of hydrogen-bond donors (Lipinski definition) is 0. The van der Waals surface area contributed by atoms with Gasteiger partial charge in [0.15, 0.2) is 11.5 Å². The molecule has 206 valence electrons. The molecular formula is C29H30BrClN2O6. The second-order valence-corrected chi connectivity index (χ2v) is 10.4. The van der Waals surface area contributed by atoms with Crippen LogP contribution in [0, 0.1) is 0 Å². The largest absolute Gasteiger partial charge is 0.493 e. The fraction of sp³-hybridized carbons (Fsp3) is 0.310. The summed E-state index contributed by atoms with van der Waals surface area (Å²) in [6.45, 7) is 0.953. The van der Waals surface area contributed by atoms with Crippen LogP contribution in [0.15, 0.2) is 53.0 Å². The number of carbonyl (C=O) groups is 2. The number of carbonyl (C=O) groups excluding carboxylic acids is 2. The molecular weight excluding hydrogens is 588 g/mol. The maximum atomic E-state index is 13.3. The monoisotopic (exact) mass is 616 g/mol. The molecule has 8 nitrogen and oxygen atoms in total. The summed E-state index contributed by atoms with van der Waals surface area (Å²) in [4.78, 5) is 29.5. The van der Waals surface area contributed by atoms with Crippen LogP contribution in [-0.2, 0) is 29.0 Å². The van der Waals surface area contributed by atoms with Crippen LogP contribution in [0.4, 0.5) is 0 Å². The predicted octanol–water partition coefficient (Wildman–Crippen LogP) is 5.51. The average Bonchev–Trinajstić information content (AvgIpc) is 3.15. The summed E-state index contributed by atoms with van der Waals surface area (Å²) < 4.78 is 23.5. The van der Waals surface area contributed by atoms with E-state index in [0.29, 0.717) is 59.7 Å². The van der Waals surface area contributed by atoms with E-state index < -0.39 is 11.8 Å². The van der Waals surface area contributed by atoms with Crippen LogP contribution in [0.1, 0.15) is 16.7 Å². The van der Waals surface area contributed by atoms with Crippen LogP contribution in [0.5, 0.6) is 28.7 Å². The van der Waals surface area contributed by atoms with Crippen LogP contribution in [0.3, 0.4) is 0 Å². The van der Waals surface area contributed by atoms with Crippen molar-refractivity contribution in [2.75, 3.05) is 41.5 Å². The van der Waals surface area contributed by atoms with Crippen molar-refractivity contribution >= 4 is 39.3 Å². The Morgan fingerprint density at radius 2 is 1.69 bits per heavy atom. The standard InChI is InChI=1S/C29H30BrClN2O6/c1-32(17-19-8-9-20(30)15-24(19)39-22-7-5-6-21(31)16-22)28(34)29(35)33-12-10-18-14-25(36-2)27(38-4)26(37-3)23(18)11-13-33/h5-9,14-16H,10-13,17H2,1-4H3. The second-order valence-electron chi connectivity index (χ2n) is 9.05. The molecule has 0 spiro atoms. The third-order valence-electron chi connectivity index (χ3n) is 6.59. The van der Waals surface area contributed by atoms with Gasteiger partial charge in [0.05, 0.1) is 21.3 Å². The first-order valence-corrected chi connectivity index (χ1v) is 13.5. The van der Waals surface area contributed by atoms with Crippen LogP contribution < -0.4 is 18.9 Å². The number of methoxy groups -OCH3 is 3. The first-order chi connectivity index (χ1) is 18.7. The summed E-state index contributed by atoms with van der Waals surface area (Å²) >= 11 is 9.57. The van der Waals surface area contributed by atoms with E-state index in [1.807, 2.05) is 24.3 Å².